The molecule has 110 valence electrons. The second-order valence-electron chi connectivity index (χ2n) is 4.22. The van der Waals surface area contributed by atoms with Gasteiger partial charge in [0, 0.05) is 18.5 Å². The average molecular weight is 286 g/mol. The molecule has 0 radical (unpaired) electrons. The van der Waals surface area contributed by atoms with Crippen LogP contribution < -0.4 is 11.1 Å². The molecule has 0 saturated carbocycles. The van der Waals surface area contributed by atoms with Gasteiger partial charge in [-0.05, 0) is 12.5 Å². The Kier molecular flexibility index (Phi) is 5.57. The number of hydrogen-bond donors (Lipinski definition) is 2. The molecule has 0 aliphatic rings. The van der Waals surface area contributed by atoms with Gasteiger partial charge in [0.2, 0.25) is 5.91 Å². The van der Waals surface area contributed by atoms with E-state index in [0.717, 1.165) is 13.2 Å². The highest BCUT2D eigenvalue weighted by atomic mass is 19.1. The zero-order chi connectivity index (χ0) is 15.3. The summed E-state index contributed by atoms with van der Waals surface area (Å²) in [5, 5.41) is 2.25. The Balaban J connectivity index is 2.95. The Morgan fingerprint density at radius 2 is 2.00 bits per heavy atom. The van der Waals surface area contributed by atoms with E-state index in [1.807, 2.05) is 6.92 Å². The van der Waals surface area contributed by atoms with E-state index < -0.39 is 29.1 Å². The first kappa shape index (κ1) is 16.0. The Labute approximate surface area is 115 Å². The fourth-order valence-corrected chi connectivity index (χ4v) is 1.49. The Morgan fingerprint density at radius 3 is 2.55 bits per heavy atom. The summed E-state index contributed by atoms with van der Waals surface area (Å²) in [6.45, 7) is 1.81. The van der Waals surface area contributed by atoms with Crippen molar-refractivity contribution in [1.29, 1.82) is 0 Å². The number of nitrogens with one attached hydrogen (secondary N) is 1. The molecule has 0 fully saturated rings. The molecule has 20 heavy (non-hydrogen) atoms. The van der Waals surface area contributed by atoms with Crippen LogP contribution in [0.1, 0.15) is 30.1 Å². The van der Waals surface area contributed by atoms with Crippen molar-refractivity contribution < 1.29 is 23.1 Å². The first-order valence-electron chi connectivity index (χ1n) is 6.01. The number of nitrogens with two attached hydrogens (primary N) is 1. The fourth-order valence-electron chi connectivity index (χ4n) is 1.49. The smallest absolute Gasteiger partial charge is 0.340 e. The quantitative estimate of drug-likeness (QED) is 0.809. The van der Waals surface area contributed by atoms with Crippen LogP contribution >= 0.6 is 0 Å². The lowest BCUT2D eigenvalue weighted by Crippen LogP contribution is -2.26. The molecule has 1 aromatic carbocycles. The SMILES string of the molecule is CCC(N)CC(=O)Nc1cc(C(=O)OC)c(F)cc1F. The van der Waals surface area contributed by atoms with Crippen LogP contribution in [0.3, 0.4) is 0 Å². The van der Waals surface area contributed by atoms with Crippen molar-refractivity contribution in [2.24, 2.45) is 5.73 Å². The number of carbonyl (C=O) groups is 2. The zero-order valence-electron chi connectivity index (χ0n) is 11.2. The van der Waals surface area contributed by atoms with Gasteiger partial charge in [-0.25, -0.2) is 13.6 Å². The molecule has 3 N–H and O–H groups in total. The summed E-state index contributed by atoms with van der Waals surface area (Å²) < 4.78 is 31.3. The number of amides is 1. The first-order valence-corrected chi connectivity index (χ1v) is 6.01. The number of rotatable bonds is 5. The van der Waals surface area contributed by atoms with E-state index in [-0.39, 0.29) is 18.2 Å². The fraction of sp³-hybridized carbons (Fsp3) is 0.385. The third-order valence-electron chi connectivity index (χ3n) is 2.71. The van der Waals surface area contributed by atoms with Gasteiger partial charge >= 0.3 is 5.97 Å². The molecule has 1 amide bonds. The highest BCUT2D eigenvalue weighted by Crippen LogP contribution is 2.20. The van der Waals surface area contributed by atoms with Crippen molar-refractivity contribution in [2.75, 3.05) is 12.4 Å². The van der Waals surface area contributed by atoms with Crippen LogP contribution in [0.2, 0.25) is 0 Å². The number of esters is 1. The minimum atomic E-state index is -1.06. The topological polar surface area (TPSA) is 81.4 Å². The predicted octanol–water partition coefficient (Wildman–Crippen LogP) is 1.82. The van der Waals surface area contributed by atoms with Gasteiger partial charge in [-0.3, -0.25) is 4.79 Å². The summed E-state index contributed by atoms with van der Waals surface area (Å²) in [6.07, 6.45) is 0.591. The van der Waals surface area contributed by atoms with Crippen molar-refractivity contribution in [3.8, 4) is 0 Å². The van der Waals surface area contributed by atoms with Crippen LogP contribution in [0, 0.1) is 11.6 Å². The lowest BCUT2D eigenvalue weighted by Gasteiger charge is -2.11. The molecule has 7 heteroatoms. The van der Waals surface area contributed by atoms with E-state index in [9.17, 15) is 18.4 Å². The Bertz CT molecular complexity index is 521. The normalized spacial score (nSPS) is 11.8. The molecular weight excluding hydrogens is 270 g/mol. The largest absolute Gasteiger partial charge is 0.465 e. The highest BCUT2D eigenvalue weighted by Gasteiger charge is 2.18. The molecule has 0 aliphatic carbocycles. The maximum Gasteiger partial charge on any atom is 0.340 e. The molecule has 0 spiro atoms. The molecule has 0 aliphatic heterocycles. The third kappa shape index (κ3) is 3.99. The minimum absolute atomic E-state index is 0.000867. The zero-order valence-corrected chi connectivity index (χ0v) is 11.2. The highest BCUT2D eigenvalue weighted by molar-refractivity contribution is 5.95. The van der Waals surface area contributed by atoms with Crippen molar-refractivity contribution in [3.63, 3.8) is 0 Å². The standard InChI is InChI=1S/C13H16F2N2O3/c1-3-7(16)4-12(18)17-11-5-8(13(19)20-2)9(14)6-10(11)15/h5-7H,3-4,16H2,1-2H3,(H,17,18). The average Bonchev–Trinajstić information content (AvgIpc) is 2.40. The number of hydrogen-bond acceptors (Lipinski definition) is 4. The van der Waals surface area contributed by atoms with Gasteiger partial charge in [0.1, 0.15) is 11.6 Å². The van der Waals surface area contributed by atoms with Crippen molar-refractivity contribution in [1.82, 2.24) is 0 Å². The van der Waals surface area contributed by atoms with E-state index in [0.29, 0.717) is 12.5 Å². The van der Waals surface area contributed by atoms with E-state index in [2.05, 4.69) is 10.1 Å². The molecule has 0 saturated heterocycles. The Hall–Kier alpha value is -2.02. The van der Waals surface area contributed by atoms with Gasteiger partial charge in [-0.1, -0.05) is 6.92 Å². The second kappa shape index (κ2) is 6.95. The number of anilines is 1. The van der Waals surface area contributed by atoms with E-state index >= 15 is 0 Å². The monoisotopic (exact) mass is 286 g/mol. The summed E-state index contributed by atoms with van der Waals surface area (Å²) in [5.41, 5.74) is 4.85. The molecule has 1 rings (SSSR count). The second-order valence-corrected chi connectivity index (χ2v) is 4.22. The summed E-state index contributed by atoms with van der Waals surface area (Å²) >= 11 is 0. The molecular formula is C13H16F2N2O3. The van der Waals surface area contributed by atoms with Crippen LogP contribution in [-0.2, 0) is 9.53 Å². The van der Waals surface area contributed by atoms with Crippen LogP contribution in [-0.4, -0.2) is 25.0 Å². The van der Waals surface area contributed by atoms with Crippen LogP contribution in [0.25, 0.3) is 0 Å². The molecule has 0 heterocycles. The number of methoxy groups -OCH3 is 1. The molecule has 1 aromatic rings. The number of carbonyl (C=O) groups excluding carboxylic acids is 2. The molecule has 0 bridgehead atoms. The summed E-state index contributed by atoms with van der Waals surface area (Å²) in [5.74, 6) is -3.50. The van der Waals surface area contributed by atoms with E-state index in [1.165, 1.54) is 0 Å². The molecule has 0 aromatic heterocycles. The van der Waals surface area contributed by atoms with Crippen molar-refractivity contribution >= 4 is 17.6 Å². The maximum absolute atomic E-state index is 13.5. The van der Waals surface area contributed by atoms with Gasteiger partial charge in [0.15, 0.2) is 0 Å². The van der Waals surface area contributed by atoms with Crippen LogP contribution in [0.15, 0.2) is 12.1 Å². The molecule has 1 atom stereocenters. The van der Waals surface area contributed by atoms with Gasteiger partial charge in [-0.2, -0.15) is 0 Å². The summed E-state index contributed by atoms with van der Waals surface area (Å²) in [6, 6.07) is 1.06. The third-order valence-corrected chi connectivity index (χ3v) is 2.71. The van der Waals surface area contributed by atoms with E-state index in [1.54, 1.807) is 0 Å². The van der Waals surface area contributed by atoms with Crippen LogP contribution in [0.4, 0.5) is 14.5 Å². The lowest BCUT2D eigenvalue weighted by atomic mass is 10.1. The maximum atomic E-state index is 13.5. The van der Waals surface area contributed by atoms with Crippen molar-refractivity contribution in [2.45, 2.75) is 25.8 Å². The predicted molar refractivity (Wildman–Crippen MR) is 69.2 cm³/mol. The van der Waals surface area contributed by atoms with Crippen molar-refractivity contribution in [3.05, 3.63) is 29.3 Å². The number of benzene rings is 1. The van der Waals surface area contributed by atoms with Crippen LogP contribution in [0.5, 0.6) is 0 Å². The summed E-state index contributed by atoms with van der Waals surface area (Å²) in [4.78, 5) is 22.9. The lowest BCUT2D eigenvalue weighted by molar-refractivity contribution is -0.116. The van der Waals surface area contributed by atoms with Gasteiger partial charge in [0.05, 0.1) is 18.4 Å². The van der Waals surface area contributed by atoms with Gasteiger partial charge < -0.3 is 15.8 Å². The summed E-state index contributed by atoms with van der Waals surface area (Å²) in [7, 11) is 1.07. The minimum Gasteiger partial charge on any atom is -0.465 e. The number of halogens is 2. The Morgan fingerprint density at radius 1 is 1.35 bits per heavy atom. The van der Waals surface area contributed by atoms with Gasteiger partial charge in [0.25, 0.3) is 0 Å². The van der Waals surface area contributed by atoms with E-state index in [4.69, 9.17) is 5.73 Å². The number of ether oxygens (including phenoxy) is 1. The molecule has 1 unspecified atom stereocenters. The van der Waals surface area contributed by atoms with Gasteiger partial charge in [-0.15, -0.1) is 0 Å². The molecule has 5 nitrogen and oxygen atoms in total. The first-order chi connectivity index (χ1) is 9.38.